The van der Waals surface area contributed by atoms with E-state index in [2.05, 4.69) is 15.3 Å². The van der Waals surface area contributed by atoms with Crippen molar-refractivity contribution >= 4 is 5.91 Å². The minimum atomic E-state index is -0.883. The van der Waals surface area contributed by atoms with E-state index in [1.54, 1.807) is 0 Å². The van der Waals surface area contributed by atoms with Crippen molar-refractivity contribution in [1.82, 2.24) is 15.3 Å². The molecule has 26 heavy (non-hydrogen) atoms. The smallest absolute Gasteiger partial charge is 0.254 e. The van der Waals surface area contributed by atoms with Gasteiger partial charge in [0.2, 0.25) is 5.69 Å². The number of hydrogen-bond acceptors (Lipinski definition) is 5. The number of aromatic nitrogens is 2. The van der Waals surface area contributed by atoms with Gasteiger partial charge in [-0.1, -0.05) is 0 Å². The van der Waals surface area contributed by atoms with Crippen LogP contribution < -0.4 is 10.1 Å². The number of ether oxygens (including phenoxy) is 1. The van der Waals surface area contributed by atoms with Crippen LogP contribution in [0.4, 0.5) is 8.78 Å². The molecular weight excluding hydrogens is 342 g/mol. The Hall–Kier alpha value is -3.08. The summed E-state index contributed by atoms with van der Waals surface area (Å²) in [5.41, 5.74) is -0.0438. The molecule has 1 heterocycles. The standard InChI is InChI=1S/C18H16F2N4O2/c19-11-1-6-14(15(20)9-11)17(25)24-12-2-4-13(5-3-12)26-18-16(10-21)22-7-8-23-18/h1,6-9,12-13H,2-5H2,(H,24,25). The monoisotopic (exact) mass is 358 g/mol. The average molecular weight is 358 g/mol. The number of nitriles is 1. The number of nitrogens with one attached hydrogen (secondary N) is 1. The second-order valence-corrected chi connectivity index (χ2v) is 6.01. The maximum absolute atomic E-state index is 13.7. The zero-order valence-electron chi connectivity index (χ0n) is 13.8. The van der Waals surface area contributed by atoms with Crippen LogP contribution in [0.5, 0.6) is 5.88 Å². The van der Waals surface area contributed by atoms with Crippen molar-refractivity contribution in [1.29, 1.82) is 5.26 Å². The van der Waals surface area contributed by atoms with Gasteiger partial charge in [0.25, 0.3) is 11.8 Å². The van der Waals surface area contributed by atoms with Crippen LogP contribution in [-0.4, -0.2) is 28.0 Å². The van der Waals surface area contributed by atoms with E-state index in [1.807, 2.05) is 6.07 Å². The van der Waals surface area contributed by atoms with Crippen LogP contribution in [0.15, 0.2) is 30.6 Å². The average Bonchev–Trinajstić information content (AvgIpc) is 2.63. The molecule has 1 amide bonds. The molecular formula is C18H16F2N4O2. The highest BCUT2D eigenvalue weighted by atomic mass is 19.1. The van der Waals surface area contributed by atoms with Crippen LogP contribution in [0.3, 0.4) is 0 Å². The van der Waals surface area contributed by atoms with Gasteiger partial charge in [-0.15, -0.1) is 0 Å². The first-order valence-corrected chi connectivity index (χ1v) is 8.20. The SMILES string of the molecule is N#Cc1nccnc1OC1CCC(NC(=O)c2ccc(F)cc2F)CC1. The normalized spacial score (nSPS) is 19.4. The summed E-state index contributed by atoms with van der Waals surface area (Å²) in [4.78, 5) is 20.1. The zero-order chi connectivity index (χ0) is 18.5. The highest BCUT2D eigenvalue weighted by Crippen LogP contribution is 2.24. The predicted octanol–water partition coefficient (Wildman–Crippen LogP) is 2.75. The lowest BCUT2D eigenvalue weighted by Crippen LogP contribution is -2.40. The van der Waals surface area contributed by atoms with Crippen molar-refractivity contribution in [3.05, 3.63) is 53.5 Å². The van der Waals surface area contributed by atoms with E-state index in [0.717, 1.165) is 12.1 Å². The van der Waals surface area contributed by atoms with E-state index in [9.17, 15) is 13.6 Å². The van der Waals surface area contributed by atoms with E-state index >= 15 is 0 Å². The number of carbonyl (C=O) groups is 1. The van der Waals surface area contributed by atoms with Gasteiger partial charge in [-0.25, -0.2) is 18.7 Å². The second-order valence-electron chi connectivity index (χ2n) is 6.01. The van der Waals surface area contributed by atoms with Crippen LogP contribution >= 0.6 is 0 Å². The Bertz CT molecular complexity index is 845. The molecule has 0 aliphatic heterocycles. The third kappa shape index (κ3) is 4.11. The first-order valence-electron chi connectivity index (χ1n) is 8.20. The molecule has 1 N–H and O–H groups in total. The minimum Gasteiger partial charge on any atom is -0.472 e. The summed E-state index contributed by atoms with van der Waals surface area (Å²) in [6.45, 7) is 0. The molecule has 8 heteroatoms. The molecule has 1 saturated carbocycles. The Morgan fingerprint density at radius 2 is 1.92 bits per heavy atom. The second kappa shape index (κ2) is 7.87. The summed E-state index contributed by atoms with van der Waals surface area (Å²) < 4.78 is 32.3. The summed E-state index contributed by atoms with van der Waals surface area (Å²) in [6, 6.07) is 4.68. The highest BCUT2D eigenvalue weighted by molar-refractivity contribution is 5.94. The van der Waals surface area contributed by atoms with E-state index in [4.69, 9.17) is 10.00 Å². The van der Waals surface area contributed by atoms with Gasteiger partial charge < -0.3 is 10.1 Å². The number of halogens is 2. The summed E-state index contributed by atoms with van der Waals surface area (Å²) >= 11 is 0. The molecule has 6 nitrogen and oxygen atoms in total. The summed E-state index contributed by atoms with van der Waals surface area (Å²) in [7, 11) is 0. The lowest BCUT2D eigenvalue weighted by atomic mass is 9.92. The number of nitrogens with zero attached hydrogens (tertiary/aromatic N) is 3. The number of benzene rings is 1. The van der Waals surface area contributed by atoms with Crippen LogP contribution in [0.2, 0.25) is 0 Å². The Balaban J connectivity index is 1.54. The van der Waals surface area contributed by atoms with Gasteiger partial charge in [0.05, 0.1) is 5.56 Å². The molecule has 0 radical (unpaired) electrons. The highest BCUT2D eigenvalue weighted by Gasteiger charge is 2.25. The van der Waals surface area contributed by atoms with Gasteiger partial charge in [0.1, 0.15) is 23.8 Å². The van der Waals surface area contributed by atoms with Gasteiger partial charge in [-0.2, -0.15) is 5.26 Å². The molecule has 1 aliphatic carbocycles. The minimum absolute atomic E-state index is 0.121. The summed E-state index contributed by atoms with van der Waals surface area (Å²) in [5, 5.41) is 11.8. The lowest BCUT2D eigenvalue weighted by molar-refractivity contribution is 0.0885. The van der Waals surface area contributed by atoms with E-state index < -0.39 is 17.5 Å². The Labute approximate surface area is 148 Å². The van der Waals surface area contributed by atoms with Crippen LogP contribution in [0, 0.1) is 23.0 Å². The Morgan fingerprint density at radius 3 is 2.62 bits per heavy atom. The molecule has 134 valence electrons. The topological polar surface area (TPSA) is 87.9 Å². The molecule has 1 aliphatic rings. The Morgan fingerprint density at radius 1 is 1.19 bits per heavy atom. The maximum atomic E-state index is 13.7. The summed E-state index contributed by atoms with van der Waals surface area (Å²) in [5.74, 6) is -1.97. The fourth-order valence-electron chi connectivity index (χ4n) is 2.91. The third-order valence-electron chi connectivity index (χ3n) is 4.23. The molecule has 0 unspecified atom stereocenters. The van der Waals surface area contributed by atoms with E-state index in [0.29, 0.717) is 31.7 Å². The van der Waals surface area contributed by atoms with E-state index in [1.165, 1.54) is 12.4 Å². The molecule has 2 aromatic rings. The first-order chi connectivity index (χ1) is 12.6. The molecule has 0 atom stereocenters. The molecule has 1 aromatic carbocycles. The molecule has 1 aromatic heterocycles. The molecule has 0 spiro atoms. The lowest BCUT2D eigenvalue weighted by Gasteiger charge is -2.29. The van der Waals surface area contributed by atoms with Crippen molar-refractivity contribution in [3.8, 4) is 11.9 Å². The van der Waals surface area contributed by atoms with Crippen molar-refractivity contribution < 1.29 is 18.3 Å². The van der Waals surface area contributed by atoms with Gasteiger partial charge in [0, 0.05) is 24.5 Å². The zero-order valence-corrected chi connectivity index (χ0v) is 13.8. The fraction of sp³-hybridized carbons (Fsp3) is 0.333. The van der Waals surface area contributed by atoms with Crippen LogP contribution in [0.1, 0.15) is 41.7 Å². The van der Waals surface area contributed by atoms with Crippen molar-refractivity contribution in [3.63, 3.8) is 0 Å². The van der Waals surface area contributed by atoms with Crippen LogP contribution in [0.25, 0.3) is 0 Å². The van der Waals surface area contributed by atoms with Crippen molar-refractivity contribution in [2.75, 3.05) is 0 Å². The molecule has 0 saturated heterocycles. The first kappa shape index (κ1) is 17.7. The molecule has 0 bridgehead atoms. The van der Waals surface area contributed by atoms with Gasteiger partial charge >= 0.3 is 0 Å². The molecule has 3 rings (SSSR count). The summed E-state index contributed by atoms with van der Waals surface area (Å²) in [6.07, 6.45) is 5.33. The number of amides is 1. The fourth-order valence-corrected chi connectivity index (χ4v) is 2.91. The predicted molar refractivity (Wildman–Crippen MR) is 87.2 cm³/mol. The van der Waals surface area contributed by atoms with Gasteiger partial charge in [-0.3, -0.25) is 4.79 Å². The van der Waals surface area contributed by atoms with Crippen molar-refractivity contribution in [2.24, 2.45) is 0 Å². The van der Waals surface area contributed by atoms with Crippen molar-refractivity contribution in [2.45, 2.75) is 37.8 Å². The number of carbonyl (C=O) groups excluding carboxylic acids is 1. The number of rotatable bonds is 4. The maximum Gasteiger partial charge on any atom is 0.254 e. The largest absolute Gasteiger partial charge is 0.472 e. The molecule has 1 fully saturated rings. The Kier molecular flexibility index (Phi) is 5.37. The van der Waals surface area contributed by atoms with Gasteiger partial charge in [-0.05, 0) is 37.8 Å². The third-order valence-corrected chi connectivity index (χ3v) is 4.23. The number of hydrogen-bond donors (Lipinski definition) is 1. The quantitative estimate of drug-likeness (QED) is 0.908. The van der Waals surface area contributed by atoms with E-state index in [-0.39, 0.29) is 29.3 Å². The van der Waals surface area contributed by atoms with Gasteiger partial charge in [0.15, 0.2) is 0 Å². The van der Waals surface area contributed by atoms with Crippen LogP contribution in [-0.2, 0) is 0 Å².